The van der Waals surface area contributed by atoms with Gasteiger partial charge in [0, 0.05) is 17.6 Å². The number of halogens is 1. The van der Waals surface area contributed by atoms with Gasteiger partial charge in [-0.1, -0.05) is 53.5 Å². The number of hydrogen-bond donors (Lipinski definition) is 1. The molecule has 0 bridgehead atoms. The number of benzene rings is 3. The van der Waals surface area contributed by atoms with Crippen LogP contribution in [-0.4, -0.2) is 50.9 Å². The zero-order valence-electron chi connectivity index (χ0n) is 24.0. The van der Waals surface area contributed by atoms with Crippen LogP contribution >= 0.6 is 15.9 Å². The fourth-order valence-corrected chi connectivity index (χ4v) is 5.91. The molecule has 0 aromatic heterocycles. The molecule has 0 radical (unpaired) electrons. The fraction of sp³-hybridized carbons (Fsp3) is 0.355. The Morgan fingerprint density at radius 1 is 0.976 bits per heavy atom. The molecule has 0 unspecified atom stereocenters. The zero-order valence-corrected chi connectivity index (χ0v) is 26.4. The topological polar surface area (TPSA) is 96.0 Å². The molecule has 10 heteroatoms. The molecule has 8 nitrogen and oxygen atoms in total. The molecule has 0 spiro atoms. The highest BCUT2D eigenvalue weighted by Gasteiger charge is 2.32. The first-order valence-electron chi connectivity index (χ1n) is 13.7. The Morgan fingerprint density at radius 2 is 1.63 bits per heavy atom. The van der Waals surface area contributed by atoms with Gasteiger partial charge in [0.2, 0.25) is 11.8 Å². The van der Waals surface area contributed by atoms with Gasteiger partial charge in [-0.05, 0) is 86.8 Å². The molecule has 2 amide bonds. The van der Waals surface area contributed by atoms with E-state index in [4.69, 9.17) is 4.74 Å². The van der Waals surface area contributed by atoms with Crippen LogP contribution in [0.15, 0.2) is 82.2 Å². The van der Waals surface area contributed by atoms with Crippen LogP contribution in [0.1, 0.15) is 44.7 Å². The molecule has 0 heterocycles. The maximum Gasteiger partial charge on any atom is 0.264 e. The van der Waals surface area contributed by atoms with Crippen molar-refractivity contribution >= 4 is 43.5 Å². The smallest absolute Gasteiger partial charge is 0.264 e. The standard InChI is InChI=1S/C31H38BrN3O5S/c1-5-7-20-33-31(37)24(4)34(21-25-11-9-8-10-23(25)3)30(36)22-35(27-14-16-28(17-15-27)40-6-2)41(38,39)29-18-12-26(32)13-19-29/h8-19,24H,5-7,20-22H2,1-4H3,(H,33,37)/t24-/m0/s1. The van der Waals surface area contributed by atoms with Gasteiger partial charge in [0.15, 0.2) is 0 Å². The van der Waals surface area contributed by atoms with Crippen molar-refractivity contribution in [3.8, 4) is 5.75 Å². The highest BCUT2D eigenvalue weighted by atomic mass is 79.9. The predicted octanol–water partition coefficient (Wildman–Crippen LogP) is 5.69. The summed E-state index contributed by atoms with van der Waals surface area (Å²) < 4.78 is 35.2. The lowest BCUT2D eigenvalue weighted by atomic mass is 10.1. The van der Waals surface area contributed by atoms with Crippen LogP contribution in [0.4, 0.5) is 5.69 Å². The number of rotatable bonds is 14. The van der Waals surface area contributed by atoms with Gasteiger partial charge in [0.1, 0.15) is 18.3 Å². The largest absolute Gasteiger partial charge is 0.494 e. The molecule has 1 atom stereocenters. The maximum absolute atomic E-state index is 14.0. The molecule has 220 valence electrons. The number of nitrogens with zero attached hydrogens (tertiary/aromatic N) is 2. The summed E-state index contributed by atoms with van der Waals surface area (Å²) >= 11 is 3.34. The number of anilines is 1. The van der Waals surface area contributed by atoms with Gasteiger partial charge in [0.05, 0.1) is 17.2 Å². The van der Waals surface area contributed by atoms with Gasteiger partial charge in [-0.25, -0.2) is 8.42 Å². The number of sulfonamides is 1. The Balaban J connectivity index is 2.01. The van der Waals surface area contributed by atoms with Crippen molar-refractivity contribution < 1.29 is 22.7 Å². The first-order valence-corrected chi connectivity index (χ1v) is 15.9. The van der Waals surface area contributed by atoms with Crippen LogP contribution in [0.5, 0.6) is 5.75 Å². The van der Waals surface area contributed by atoms with Gasteiger partial charge < -0.3 is 15.0 Å². The average molecular weight is 645 g/mol. The molecule has 0 fully saturated rings. The molecule has 0 aliphatic carbocycles. The van der Waals surface area contributed by atoms with Crippen LogP contribution in [0.2, 0.25) is 0 Å². The van der Waals surface area contributed by atoms with Crippen LogP contribution in [0, 0.1) is 6.92 Å². The Morgan fingerprint density at radius 3 is 2.24 bits per heavy atom. The number of carbonyl (C=O) groups excluding carboxylic acids is 2. The predicted molar refractivity (Wildman–Crippen MR) is 165 cm³/mol. The van der Waals surface area contributed by atoms with Gasteiger partial charge in [-0.2, -0.15) is 0 Å². The van der Waals surface area contributed by atoms with E-state index >= 15 is 0 Å². The molecular formula is C31H38BrN3O5S. The van der Waals surface area contributed by atoms with E-state index in [1.807, 2.05) is 45.0 Å². The molecule has 0 saturated carbocycles. The Hall–Kier alpha value is -3.37. The summed E-state index contributed by atoms with van der Waals surface area (Å²) in [5, 5.41) is 2.90. The lowest BCUT2D eigenvalue weighted by Crippen LogP contribution is -2.51. The van der Waals surface area contributed by atoms with Gasteiger partial charge in [0.25, 0.3) is 10.0 Å². The minimum Gasteiger partial charge on any atom is -0.494 e. The second kappa shape index (κ2) is 15.0. The third-order valence-electron chi connectivity index (χ3n) is 6.72. The monoisotopic (exact) mass is 643 g/mol. The van der Waals surface area contributed by atoms with E-state index in [9.17, 15) is 18.0 Å². The van der Waals surface area contributed by atoms with E-state index in [-0.39, 0.29) is 17.3 Å². The van der Waals surface area contributed by atoms with E-state index in [1.54, 1.807) is 43.3 Å². The quantitative estimate of drug-likeness (QED) is 0.228. The summed E-state index contributed by atoms with van der Waals surface area (Å²) in [5.74, 6) is -0.202. The van der Waals surface area contributed by atoms with Crippen molar-refractivity contribution in [2.24, 2.45) is 0 Å². The lowest BCUT2D eigenvalue weighted by Gasteiger charge is -2.32. The first kappa shape index (κ1) is 32.1. The molecular weight excluding hydrogens is 606 g/mol. The van der Waals surface area contributed by atoms with Crippen molar-refractivity contribution in [1.82, 2.24) is 10.2 Å². The molecule has 3 aromatic rings. The third kappa shape index (κ3) is 8.56. The van der Waals surface area contributed by atoms with Crippen LogP contribution in [-0.2, 0) is 26.2 Å². The number of ether oxygens (including phenoxy) is 1. The number of carbonyl (C=O) groups is 2. The highest BCUT2D eigenvalue weighted by Crippen LogP contribution is 2.27. The van der Waals surface area contributed by atoms with E-state index in [1.165, 1.54) is 17.0 Å². The van der Waals surface area contributed by atoms with Crippen LogP contribution in [0.25, 0.3) is 0 Å². The normalized spacial score (nSPS) is 11.9. The number of aryl methyl sites for hydroxylation is 1. The molecule has 0 aliphatic rings. The Labute approximate surface area is 251 Å². The molecule has 0 aliphatic heterocycles. The Kier molecular flexibility index (Phi) is 11.8. The van der Waals surface area contributed by atoms with E-state index < -0.39 is 28.5 Å². The first-order chi connectivity index (χ1) is 19.6. The highest BCUT2D eigenvalue weighted by molar-refractivity contribution is 9.10. The third-order valence-corrected chi connectivity index (χ3v) is 9.03. The number of amides is 2. The van der Waals surface area contributed by atoms with Gasteiger partial charge in [-0.3, -0.25) is 13.9 Å². The maximum atomic E-state index is 14.0. The van der Waals surface area contributed by atoms with E-state index in [0.29, 0.717) is 24.6 Å². The minimum absolute atomic E-state index is 0.0400. The summed E-state index contributed by atoms with van der Waals surface area (Å²) in [6, 6.07) is 19.6. The second-order valence-corrected chi connectivity index (χ2v) is 12.4. The summed E-state index contributed by atoms with van der Waals surface area (Å²) in [7, 11) is -4.15. The van der Waals surface area contributed by atoms with E-state index in [2.05, 4.69) is 21.2 Å². The fourth-order valence-electron chi connectivity index (χ4n) is 4.23. The molecule has 3 aromatic carbocycles. The molecule has 41 heavy (non-hydrogen) atoms. The van der Waals surface area contributed by atoms with Crippen molar-refractivity contribution in [3.05, 3.63) is 88.4 Å². The number of unbranched alkanes of at least 4 members (excludes halogenated alkanes) is 1. The van der Waals surface area contributed by atoms with Crippen LogP contribution in [0.3, 0.4) is 0 Å². The van der Waals surface area contributed by atoms with Crippen molar-refractivity contribution in [3.63, 3.8) is 0 Å². The van der Waals surface area contributed by atoms with Crippen molar-refractivity contribution in [1.29, 1.82) is 0 Å². The summed E-state index contributed by atoms with van der Waals surface area (Å²) in [4.78, 5) is 28.6. The van der Waals surface area contributed by atoms with Crippen molar-refractivity contribution in [2.45, 2.75) is 58.0 Å². The Bertz CT molecular complexity index is 1410. The molecule has 3 rings (SSSR count). The minimum atomic E-state index is -4.15. The number of hydrogen-bond acceptors (Lipinski definition) is 5. The SMILES string of the molecule is CCCCNC(=O)[C@H](C)N(Cc1ccccc1C)C(=O)CN(c1ccc(OCC)cc1)S(=O)(=O)c1ccc(Br)cc1. The van der Waals surface area contributed by atoms with Gasteiger partial charge >= 0.3 is 0 Å². The van der Waals surface area contributed by atoms with Crippen LogP contribution < -0.4 is 14.4 Å². The summed E-state index contributed by atoms with van der Waals surface area (Å²) in [5.41, 5.74) is 2.15. The molecule has 0 saturated heterocycles. The summed E-state index contributed by atoms with van der Waals surface area (Å²) in [6.07, 6.45) is 1.74. The molecule has 1 N–H and O–H groups in total. The lowest BCUT2D eigenvalue weighted by molar-refractivity contribution is -0.139. The van der Waals surface area contributed by atoms with Gasteiger partial charge in [-0.15, -0.1) is 0 Å². The summed E-state index contributed by atoms with van der Waals surface area (Å²) in [6.45, 7) is 8.13. The number of nitrogens with one attached hydrogen (secondary N) is 1. The second-order valence-electron chi connectivity index (χ2n) is 9.66. The van der Waals surface area contributed by atoms with E-state index in [0.717, 1.165) is 32.7 Å². The average Bonchev–Trinajstić information content (AvgIpc) is 2.96. The zero-order chi connectivity index (χ0) is 30.0. The van der Waals surface area contributed by atoms with Crippen molar-refractivity contribution in [2.75, 3.05) is 24.0 Å².